The highest BCUT2D eigenvalue weighted by molar-refractivity contribution is 8.02. The molecule has 2 aliphatic rings. The Morgan fingerprint density at radius 1 is 1.54 bits per heavy atom. The number of aryl methyl sites for hydroxylation is 1. The molecule has 3 heterocycles. The number of thioether (sulfide) groups is 1. The molecule has 2 N–H and O–H groups in total. The van der Waals surface area contributed by atoms with Gasteiger partial charge in [-0.2, -0.15) is 4.57 Å². The number of carboxylic acids is 1. The highest BCUT2D eigenvalue weighted by atomic mass is 32.2. The summed E-state index contributed by atoms with van der Waals surface area (Å²) in [5, 5.41) is 19.4. The summed E-state index contributed by atoms with van der Waals surface area (Å²) < 4.78 is 2.05. The normalized spacial score (nSPS) is 27.3. The van der Waals surface area contributed by atoms with Crippen molar-refractivity contribution in [3.05, 3.63) is 26.7 Å². The second-order valence-corrected chi connectivity index (χ2v) is 8.36. The van der Waals surface area contributed by atoms with Crippen LogP contribution in [0.4, 0.5) is 0 Å². The Hall–Kier alpha value is -1.38. The molecule has 2 aliphatic heterocycles. The van der Waals surface area contributed by atoms with Crippen LogP contribution in [0.2, 0.25) is 0 Å². The third-order valence-electron chi connectivity index (χ3n) is 4.96. The van der Waals surface area contributed by atoms with E-state index in [1.165, 1.54) is 21.5 Å². The van der Waals surface area contributed by atoms with E-state index in [1.54, 1.807) is 18.3 Å². The number of carbonyl (C=O) groups is 2. The Balaban J connectivity index is 1.87. The fourth-order valence-electron chi connectivity index (χ4n) is 3.50. The van der Waals surface area contributed by atoms with Crippen LogP contribution < -0.4 is 4.57 Å². The molecule has 1 aromatic heterocycles. The van der Waals surface area contributed by atoms with E-state index < -0.39 is 18.0 Å². The van der Waals surface area contributed by atoms with Gasteiger partial charge in [-0.1, -0.05) is 18.3 Å². The molecule has 4 atom stereocenters. The zero-order chi connectivity index (χ0) is 17.8. The van der Waals surface area contributed by atoms with Crippen molar-refractivity contribution in [2.45, 2.75) is 38.7 Å². The second-order valence-electron chi connectivity index (χ2n) is 6.40. The number of aliphatic hydroxyl groups excluding tert-OH is 1. The van der Waals surface area contributed by atoms with Gasteiger partial charge in [0.05, 0.1) is 22.9 Å². The first-order chi connectivity index (χ1) is 11.3. The molecule has 3 rings (SSSR count). The number of fused-ring (bicyclic) bond motifs is 1. The van der Waals surface area contributed by atoms with Gasteiger partial charge < -0.3 is 15.1 Å². The summed E-state index contributed by atoms with van der Waals surface area (Å²) in [6.07, 6.45) is -0.765. The molecule has 8 heteroatoms. The molecule has 1 fully saturated rings. The first-order valence-electron chi connectivity index (χ1n) is 7.79. The molecular weight excluding hydrogens is 348 g/mol. The molecule has 6 nitrogen and oxygen atoms in total. The Morgan fingerprint density at radius 2 is 2.21 bits per heavy atom. The lowest BCUT2D eigenvalue weighted by molar-refractivity contribution is -0.672. The van der Waals surface area contributed by atoms with E-state index in [4.69, 9.17) is 0 Å². The molecule has 0 aliphatic carbocycles. The fourth-order valence-corrected chi connectivity index (χ4v) is 5.93. The van der Waals surface area contributed by atoms with Crippen LogP contribution in [0, 0.1) is 18.8 Å². The number of β-lactam (4-membered cyclic amide) rings is 1. The van der Waals surface area contributed by atoms with Gasteiger partial charge >= 0.3 is 5.97 Å². The highest BCUT2D eigenvalue weighted by Gasteiger charge is 2.59. The van der Waals surface area contributed by atoms with E-state index in [-0.39, 0.29) is 23.6 Å². The number of carboxylic acid groups (broad SMARTS) is 1. The zero-order valence-corrected chi connectivity index (χ0v) is 15.6. The van der Waals surface area contributed by atoms with Gasteiger partial charge in [-0.05, 0) is 6.92 Å². The number of hydrogen-bond acceptors (Lipinski definition) is 5. The molecule has 130 valence electrons. The maximum atomic E-state index is 12.3. The first kappa shape index (κ1) is 17.4. The number of nitrogens with zero attached hydrogens (tertiary/aromatic N) is 2. The summed E-state index contributed by atoms with van der Waals surface area (Å²) in [6, 6.07) is -0.244. The van der Waals surface area contributed by atoms with Crippen molar-refractivity contribution in [3.63, 3.8) is 0 Å². The smallest absolute Gasteiger partial charge is 0.353 e. The van der Waals surface area contributed by atoms with E-state index in [0.717, 1.165) is 10.6 Å². The molecule has 0 radical (unpaired) electrons. The summed E-state index contributed by atoms with van der Waals surface area (Å²) in [6.45, 7) is 5.57. The van der Waals surface area contributed by atoms with Gasteiger partial charge in [-0.15, -0.1) is 11.8 Å². The van der Waals surface area contributed by atoms with Crippen LogP contribution in [0.15, 0.2) is 16.1 Å². The van der Waals surface area contributed by atoms with Gasteiger partial charge in [-0.25, -0.2) is 4.79 Å². The summed E-state index contributed by atoms with van der Waals surface area (Å²) in [4.78, 5) is 27.3. The number of aromatic nitrogens is 1. The Bertz CT molecular complexity index is 740. The minimum atomic E-state index is -1.07. The molecule has 0 aromatic carbocycles. The Morgan fingerprint density at radius 3 is 2.71 bits per heavy atom. The van der Waals surface area contributed by atoms with Crippen LogP contribution in [0.25, 0.3) is 0 Å². The first-order valence-corrected chi connectivity index (χ1v) is 9.66. The number of aliphatic hydroxyl groups is 1. The lowest BCUT2D eigenvalue weighted by Crippen LogP contribution is -2.63. The predicted octanol–water partition coefficient (Wildman–Crippen LogP) is 1.27. The lowest BCUT2D eigenvalue weighted by atomic mass is 9.79. The van der Waals surface area contributed by atoms with Gasteiger partial charge in [0.25, 0.3) is 0 Å². The topological polar surface area (TPSA) is 81.7 Å². The summed E-state index contributed by atoms with van der Waals surface area (Å²) in [5.41, 5.74) is 3.28. The molecule has 1 saturated heterocycles. The largest absolute Gasteiger partial charge is 0.477 e. The molecule has 0 unspecified atom stereocenters. The van der Waals surface area contributed by atoms with Crippen LogP contribution in [-0.2, 0) is 22.4 Å². The van der Waals surface area contributed by atoms with Crippen molar-refractivity contribution in [2.75, 3.05) is 0 Å². The average molecular weight is 369 g/mol. The van der Waals surface area contributed by atoms with Gasteiger partial charge in [0, 0.05) is 23.5 Å². The number of amides is 1. The molecule has 0 spiro atoms. The lowest BCUT2D eigenvalue weighted by Gasteiger charge is -2.46. The Kier molecular flexibility index (Phi) is 4.48. The van der Waals surface area contributed by atoms with Crippen LogP contribution in [0.1, 0.15) is 24.4 Å². The van der Waals surface area contributed by atoms with Crippen LogP contribution >= 0.6 is 23.1 Å². The quantitative estimate of drug-likeness (QED) is 0.603. The van der Waals surface area contributed by atoms with E-state index in [9.17, 15) is 19.8 Å². The van der Waals surface area contributed by atoms with Crippen LogP contribution in [0.5, 0.6) is 0 Å². The van der Waals surface area contributed by atoms with Gasteiger partial charge in [0.15, 0.2) is 5.69 Å². The maximum Gasteiger partial charge on any atom is 0.353 e. The number of aliphatic carboxylic acids is 1. The van der Waals surface area contributed by atoms with E-state index >= 15 is 0 Å². The minimum Gasteiger partial charge on any atom is -0.477 e. The minimum absolute atomic E-state index is 0.0765. The van der Waals surface area contributed by atoms with E-state index in [0.29, 0.717) is 5.75 Å². The Labute approximate surface area is 148 Å². The third-order valence-corrected chi connectivity index (χ3v) is 7.59. The molecule has 1 aromatic rings. The summed E-state index contributed by atoms with van der Waals surface area (Å²) >= 11 is 3.14. The molecule has 0 saturated carbocycles. The number of rotatable bonds is 5. The van der Waals surface area contributed by atoms with Gasteiger partial charge in [0.2, 0.25) is 11.4 Å². The standard InChI is InChI=1S/C16H20N2O4S2/c1-7-12-11(9(3)19)15(20)18(12)13(16(21)22)14(7)23-5-10-8(2)17(4)6-24-10/h6-7,9,11-12,19H,5H2,1-4H3/p+1/t7-,9-,11-,12+/m1/s1. The fraction of sp³-hybridized carbons (Fsp3) is 0.562. The maximum absolute atomic E-state index is 12.3. The highest BCUT2D eigenvalue weighted by Crippen LogP contribution is 2.51. The monoisotopic (exact) mass is 369 g/mol. The number of carbonyl (C=O) groups excluding carboxylic acids is 1. The zero-order valence-electron chi connectivity index (χ0n) is 14.0. The van der Waals surface area contributed by atoms with Crippen molar-refractivity contribution in [3.8, 4) is 0 Å². The second kappa shape index (κ2) is 6.16. The van der Waals surface area contributed by atoms with Crippen LogP contribution in [0.3, 0.4) is 0 Å². The van der Waals surface area contributed by atoms with Gasteiger partial charge in [-0.3, -0.25) is 4.79 Å². The van der Waals surface area contributed by atoms with E-state index in [1.807, 2.05) is 31.0 Å². The van der Waals surface area contributed by atoms with Crippen molar-refractivity contribution >= 4 is 35.0 Å². The molecule has 24 heavy (non-hydrogen) atoms. The third kappa shape index (κ3) is 2.48. The summed E-state index contributed by atoms with van der Waals surface area (Å²) in [7, 11) is 1.98. The van der Waals surface area contributed by atoms with Crippen molar-refractivity contribution in [1.82, 2.24) is 4.90 Å². The van der Waals surface area contributed by atoms with Crippen molar-refractivity contribution < 1.29 is 24.4 Å². The SMILES string of the molecule is Cc1c(CSC2=C(C(=O)O)N3C(=O)[C@H]([C@@H](C)O)[C@@H]3[C@H]2C)sc[n+]1C. The molecular formula is C16H21N2O4S2+. The van der Waals surface area contributed by atoms with Crippen molar-refractivity contribution in [1.29, 1.82) is 0 Å². The number of hydrogen-bond donors (Lipinski definition) is 2. The molecule has 1 amide bonds. The van der Waals surface area contributed by atoms with Crippen LogP contribution in [-0.4, -0.2) is 39.1 Å². The summed E-state index contributed by atoms with van der Waals surface area (Å²) in [5.74, 6) is -1.26. The average Bonchev–Trinajstić information content (AvgIpc) is 2.94. The number of thiazole rings is 1. The van der Waals surface area contributed by atoms with Gasteiger partial charge in [0.1, 0.15) is 12.7 Å². The van der Waals surface area contributed by atoms with E-state index in [2.05, 4.69) is 0 Å². The predicted molar refractivity (Wildman–Crippen MR) is 91.2 cm³/mol. The molecule has 0 bridgehead atoms. The van der Waals surface area contributed by atoms with Crippen molar-refractivity contribution in [2.24, 2.45) is 18.9 Å².